The number of nitrogens with one attached hydrogen (secondary N) is 1. The molecule has 1 aliphatic rings. The topological polar surface area (TPSA) is 37.0 Å². The van der Waals surface area contributed by atoms with Crippen LogP contribution in [-0.4, -0.2) is 49.9 Å². The monoisotopic (exact) mass is 385 g/mol. The molecule has 1 N–H and O–H groups in total. The van der Waals surface area contributed by atoms with Crippen LogP contribution in [0, 0.1) is 0 Å². The molecule has 1 atom stereocenters. The second-order valence-electron chi connectivity index (χ2n) is 6.63. The molecule has 3 rings (SSSR count). The van der Waals surface area contributed by atoms with Gasteiger partial charge in [-0.15, -0.1) is 0 Å². The molecule has 27 heavy (non-hydrogen) atoms. The molecule has 0 unspecified atom stereocenters. The zero-order chi connectivity index (χ0) is 19.2. The Morgan fingerprint density at radius 1 is 1.26 bits per heavy atom. The number of rotatable bonds is 6. The largest absolute Gasteiger partial charge is 0.497 e. The molecule has 0 saturated carbocycles. The van der Waals surface area contributed by atoms with Crippen molar-refractivity contribution >= 4 is 23.0 Å². The molecule has 0 aliphatic carbocycles. The summed E-state index contributed by atoms with van der Waals surface area (Å²) in [6.07, 6.45) is 0.0746. The summed E-state index contributed by atoms with van der Waals surface area (Å²) in [5.74, 6) is 1.80. The number of nitrogens with zero attached hydrogens (tertiary/aromatic N) is 2. The minimum absolute atomic E-state index is 0.0746. The molecule has 6 heteroatoms. The molecule has 0 spiro atoms. The van der Waals surface area contributed by atoms with Crippen LogP contribution in [0.5, 0.6) is 11.5 Å². The summed E-state index contributed by atoms with van der Waals surface area (Å²) in [6.45, 7) is 5.41. The second kappa shape index (κ2) is 8.95. The first kappa shape index (κ1) is 19.3. The van der Waals surface area contributed by atoms with Gasteiger partial charge in [0.25, 0.3) is 0 Å². The summed E-state index contributed by atoms with van der Waals surface area (Å²) >= 11 is 5.55. The van der Waals surface area contributed by atoms with Gasteiger partial charge in [0.05, 0.1) is 25.9 Å². The van der Waals surface area contributed by atoms with Gasteiger partial charge in [-0.05, 0) is 49.0 Å². The van der Waals surface area contributed by atoms with Crippen molar-refractivity contribution in [1.29, 1.82) is 0 Å². The molecule has 0 aromatic heterocycles. The van der Waals surface area contributed by atoms with Crippen LogP contribution in [0.2, 0.25) is 0 Å². The van der Waals surface area contributed by atoms with E-state index in [-0.39, 0.29) is 6.10 Å². The molecule has 144 valence electrons. The number of benzene rings is 2. The van der Waals surface area contributed by atoms with Crippen LogP contribution in [0.4, 0.5) is 5.69 Å². The highest BCUT2D eigenvalue weighted by Gasteiger charge is 2.25. The van der Waals surface area contributed by atoms with E-state index < -0.39 is 0 Å². The summed E-state index contributed by atoms with van der Waals surface area (Å²) in [5.41, 5.74) is 2.32. The van der Waals surface area contributed by atoms with Crippen molar-refractivity contribution in [1.82, 2.24) is 10.2 Å². The van der Waals surface area contributed by atoms with E-state index in [4.69, 9.17) is 21.7 Å². The van der Waals surface area contributed by atoms with Crippen LogP contribution in [0.25, 0.3) is 0 Å². The quantitative estimate of drug-likeness (QED) is 0.769. The molecule has 1 aliphatic heterocycles. The van der Waals surface area contributed by atoms with Gasteiger partial charge in [-0.3, -0.25) is 0 Å². The van der Waals surface area contributed by atoms with E-state index in [0.29, 0.717) is 6.54 Å². The number of ether oxygens (including phenoxy) is 2. The number of thiocarbonyl (C=S) groups is 1. The first-order chi connectivity index (χ1) is 13.1. The third kappa shape index (κ3) is 4.83. The Morgan fingerprint density at radius 2 is 2.00 bits per heavy atom. The lowest BCUT2D eigenvalue weighted by Crippen LogP contribution is -2.48. The van der Waals surface area contributed by atoms with E-state index in [9.17, 15) is 0 Å². The number of fused-ring (bicyclic) bond motifs is 1. The van der Waals surface area contributed by atoms with Crippen molar-refractivity contribution in [3.05, 3.63) is 54.1 Å². The van der Waals surface area contributed by atoms with Crippen LogP contribution in [0.1, 0.15) is 12.5 Å². The predicted molar refractivity (Wildman–Crippen MR) is 114 cm³/mol. The van der Waals surface area contributed by atoms with Gasteiger partial charge in [-0.1, -0.05) is 24.3 Å². The molecule has 0 saturated heterocycles. The van der Waals surface area contributed by atoms with Gasteiger partial charge >= 0.3 is 0 Å². The van der Waals surface area contributed by atoms with Crippen molar-refractivity contribution in [2.24, 2.45) is 0 Å². The van der Waals surface area contributed by atoms with Crippen molar-refractivity contribution < 1.29 is 9.47 Å². The molecular formula is C21H27N3O2S. The Morgan fingerprint density at radius 3 is 2.70 bits per heavy atom. The summed E-state index contributed by atoms with van der Waals surface area (Å²) in [5, 5.41) is 4.04. The highest BCUT2D eigenvalue weighted by Crippen LogP contribution is 2.32. The highest BCUT2D eigenvalue weighted by atomic mass is 32.1. The van der Waals surface area contributed by atoms with Gasteiger partial charge in [0, 0.05) is 20.1 Å². The maximum absolute atomic E-state index is 6.19. The summed E-state index contributed by atoms with van der Waals surface area (Å²) in [4.78, 5) is 4.40. The Labute approximate surface area is 166 Å². The number of hydrogen-bond acceptors (Lipinski definition) is 4. The lowest BCUT2D eigenvalue weighted by molar-refractivity contribution is 0.168. The van der Waals surface area contributed by atoms with Gasteiger partial charge in [0.15, 0.2) is 5.11 Å². The van der Waals surface area contributed by atoms with Crippen LogP contribution >= 0.6 is 12.2 Å². The fourth-order valence-corrected chi connectivity index (χ4v) is 3.36. The molecule has 5 nitrogen and oxygen atoms in total. The van der Waals surface area contributed by atoms with Crippen LogP contribution < -0.4 is 19.7 Å². The molecule has 0 radical (unpaired) electrons. The first-order valence-electron chi connectivity index (χ1n) is 9.23. The zero-order valence-electron chi connectivity index (χ0n) is 16.1. The number of anilines is 1. The number of methoxy groups -OCH3 is 1. The highest BCUT2D eigenvalue weighted by molar-refractivity contribution is 7.80. The lowest BCUT2D eigenvalue weighted by Gasteiger charge is -2.37. The Balaban J connectivity index is 1.53. The minimum atomic E-state index is 0.0746. The maximum Gasteiger partial charge on any atom is 0.169 e. The Hall–Kier alpha value is -2.47. The predicted octanol–water partition coefficient (Wildman–Crippen LogP) is 3.29. The molecule has 0 fully saturated rings. The third-order valence-corrected chi connectivity index (χ3v) is 5.19. The first-order valence-corrected chi connectivity index (χ1v) is 9.64. The molecular weight excluding hydrogens is 358 g/mol. The standard InChI is InChI=1S/C21H27N3O2S/c1-4-24-15-18(26-20-8-6-5-7-19(20)24)14-23(2)21(27)22-13-16-9-11-17(25-3)12-10-16/h5-12,18H,4,13-15H2,1-3H3,(H,22,27)/t18-/m0/s1. The van der Waals surface area contributed by atoms with Gasteiger partial charge in [-0.25, -0.2) is 0 Å². The van der Waals surface area contributed by atoms with Crippen LogP contribution in [-0.2, 0) is 6.54 Å². The lowest BCUT2D eigenvalue weighted by atomic mass is 10.2. The van der Waals surface area contributed by atoms with E-state index in [1.807, 2.05) is 48.3 Å². The fraction of sp³-hybridized carbons (Fsp3) is 0.381. The normalized spacial score (nSPS) is 15.5. The van der Waals surface area contributed by atoms with Gasteiger partial charge < -0.3 is 24.6 Å². The van der Waals surface area contributed by atoms with Gasteiger partial charge in [0.1, 0.15) is 17.6 Å². The number of para-hydroxylation sites is 2. The maximum atomic E-state index is 6.19. The Bertz CT molecular complexity index is 766. The third-order valence-electron chi connectivity index (χ3n) is 4.73. The van der Waals surface area contributed by atoms with Crippen molar-refractivity contribution in [3.8, 4) is 11.5 Å². The zero-order valence-corrected chi connectivity index (χ0v) is 17.0. The summed E-state index contributed by atoms with van der Waals surface area (Å²) in [7, 11) is 3.67. The molecule has 2 aromatic carbocycles. The van der Waals surface area contributed by atoms with E-state index in [2.05, 4.69) is 29.3 Å². The fourth-order valence-electron chi connectivity index (χ4n) is 3.22. The van der Waals surface area contributed by atoms with Crippen LogP contribution in [0.3, 0.4) is 0 Å². The molecule has 0 bridgehead atoms. The average Bonchev–Trinajstić information content (AvgIpc) is 2.71. The van der Waals surface area contributed by atoms with Crippen molar-refractivity contribution in [3.63, 3.8) is 0 Å². The van der Waals surface area contributed by atoms with E-state index in [0.717, 1.165) is 41.8 Å². The summed E-state index contributed by atoms with van der Waals surface area (Å²) in [6, 6.07) is 16.2. The molecule has 0 amide bonds. The SMILES string of the molecule is CCN1C[C@H](CN(C)C(=S)NCc2ccc(OC)cc2)Oc2ccccc21. The van der Waals surface area contributed by atoms with E-state index in [1.165, 1.54) is 5.69 Å². The van der Waals surface area contributed by atoms with Crippen molar-refractivity contribution in [2.75, 3.05) is 38.7 Å². The van der Waals surface area contributed by atoms with Crippen molar-refractivity contribution in [2.45, 2.75) is 19.6 Å². The smallest absolute Gasteiger partial charge is 0.169 e. The van der Waals surface area contributed by atoms with Crippen LogP contribution in [0.15, 0.2) is 48.5 Å². The Kier molecular flexibility index (Phi) is 6.40. The van der Waals surface area contributed by atoms with Gasteiger partial charge in [-0.2, -0.15) is 0 Å². The molecule has 1 heterocycles. The van der Waals surface area contributed by atoms with E-state index >= 15 is 0 Å². The van der Waals surface area contributed by atoms with E-state index in [1.54, 1.807) is 7.11 Å². The average molecular weight is 386 g/mol. The summed E-state index contributed by atoms with van der Waals surface area (Å²) < 4.78 is 11.4. The minimum Gasteiger partial charge on any atom is -0.497 e. The number of likely N-dealkylation sites (N-methyl/N-ethyl adjacent to an activating group) is 2. The molecule has 2 aromatic rings. The number of hydrogen-bond donors (Lipinski definition) is 1. The van der Waals surface area contributed by atoms with Gasteiger partial charge in [0.2, 0.25) is 0 Å². The second-order valence-corrected chi connectivity index (χ2v) is 7.02.